The molecule has 7 heteroatoms. The number of aromatic nitrogens is 2. The van der Waals surface area contributed by atoms with Gasteiger partial charge in [-0.25, -0.2) is 9.97 Å². The van der Waals surface area contributed by atoms with Crippen LogP contribution in [-0.4, -0.2) is 16.3 Å². The molecule has 1 aliphatic carbocycles. The maximum atomic E-state index is 12.2. The summed E-state index contributed by atoms with van der Waals surface area (Å²) in [5, 5.41) is 3.29. The standard InChI is InChI=1S/C15H14F3N3O/c16-15(17,18)22-12-5-3-11(4-6-12)14(7-1-8-14)21-13-19-9-2-10-20-13/h2-6,9-10H,1,7-8H2,(H,19,20,21). The minimum atomic E-state index is -4.67. The minimum Gasteiger partial charge on any atom is -0.406 e. The fourth-order valence-corrected chi connectivity index (χ4v) is 2.57. The lowest BCUT2D eigenvalue weighted by atomic mass is 9.72. The average Bonchev–Trinajstić information content (AvgIpc) is 2.43. The molecule has 0 spiro atoms. The van der Waals surface area contributed by atoms with Gasteiger partial charge in [-0.05, 0) is 43.0 Å². The molecule has 0 radical (unpaired) electrons. The van der Waals surface area contributed by atoms with Crippen LogP contribution < -0.4 is 10.1 Å². The van der Waals surface area contributed by atoms with E-state index in [0.29, 0.717) is 5.95 Å². The van der Waals surface area contributed by atoms with E-state index in [1.165, 1.54) is 12.1 Å². The predicted molar refractivity (Wildman–Crippen MR) is 74.3 cm³/mol. The fourth-order valence-electron chi connectivity index (χ4n) is 2.57. The molecule has 0 bridgehead atoms. The molecule has 0 amide bonds. The Balaban J connectivity index is 1.79. The van der Waals surface area contributed by atoms with E-state index in [9.17, 15) is 13.2 Å². The molecule has 22 heavy (non-hydrogen) atoms. The van der Waals surface area contributed by atoms with Crippen molar-refractivity contribution in [1.29, 1.82) is 0 Å². The zero-order valence-corrected chi connectivity index (χ0v) is 11.6. The third-order valence-corrected chi connectivity index (χ3v) is 3.76. The Bertz CT molecular complexity index is 625. The van der Waals surface area contributed by atoms with E-state index in [1.54, 1.807) is 30.6 Å². The Labute approximate surface area is 125 Å². The number of alkyl halides is 3. The van der Waals surface area contributed by atoms with Gasteiger partial charge < -0.3 is 10.1 Å². The summed E-state index contributed by atoms with van der Waals surface area (Å²) >= 11 is 0. The first kappa shape index (κ1) is 14.6. The van der Waals surface area contributed by atoms with Gasteiger partial charge in [0, 0.05) is 12.4 Å². The van der Waals surface area contributed by atoms with Crippen LogP contribution in [0.3, 0.4) is 0 Å². The Morgan fingerprint density at radius 2 is 1.68 bits per heavy atom. The maximum absolute atomic E-state index is 12.2. The summed E-state index contributed by atoms with van der Waals surface area (Å²) in [4.78, 5) is 8.28. The zero-order valence-electron chi connectivity index (χ0n) is 11.6. The van der Waals surface area contributed by atoms with Crippen molar-refractivity contribution < 1.29 is 17.9 Å². The van der Waals surface area contributed by atoms with Gasteiger partial charge in [0.1, 0.15) is 5.75 Å². The SMILES string of the molecule is FC(F)(F)Oc1ccc(C2(Nc3ncccn3)CCC2)cc1. The first-order chi connectivity index (χ1) is 10.5. The lowest BCUT2D eigenvalue weighted by molar-refractivity contribution is -0.274. The Morgan fingerprint density at radius 3 is 2.18 bits per heavy atom. The van der Waals surface area contributed by atoms with E-state index in [0.717, 1.165) is 24.8 Å². The number of hydrogen-bond acceptors (Lipinski definition) is 4. The summed E-state index contributed by atoms with van der Waals surface area (Å²) in [6.07, 6.45) is 1.41. The minimum absolute atomic E-state index is 0.221. The highest BCUT2D eigenvalue weighted by Gasteiger charge is 2.39. The number of halogens is 3. The van der Waals surface area contributed by atoms with Crippen molar-refractivity contribution in [2.45, 2.75) is 31.2 Å². The summed E-state index contributed by atoms with van der Waals surface area (Å²) in [6.45, 7) is 0. The van der Waals surface area contributed by atoms with Gasteiger partial charge in [0.05, 0.1) is 5.54 Å². The second-order valence-corrected chi connectivity index (χ2v) is 5.21. The number of nitrogens with one attached hydrogen (secondary N) is 1. The van der Waals surface area contributed by atoms with Gasteiger partial charge in [0.15, 0.2) is 0 Å². The molecule has 1 N–H and O–H groups in total. The third kappa shape index (κ3) is 3.13. The van der Waals surface area contributed by atoms with Crippen LogP contribution in [0.4, 0.5) is 19.1 Å². The Kier molecular flexibility index (Phi) is 3.64. The van der Waals surface area contributed by atoms with Crippen LogP contribution in [0, 0.1) is 0 Å². The van der Waals surface area contributed by atoms with Crippen LogP contribution in [-0.2, 0) is 5.54 Å². The summed E-state index contributed by atoms with van der Waals surface area (Å²) in [5.74, 6) is 0.291. The smallest absolute Gasteiger partial charge is 0.406 e. The highest BCUT2D eigenvalue weighted by Crippen LogP contribution is 2.44. The Hall–Kier alpha value is -2.31. The normalized spacial score (nSPS) is 16.7. The second-order valence-electron chi connectivity index (χ2n) is 5.21. The molecule has 1 saturated carbocycles. The van der Waals surface area contributed by atoms with E-state index in [-0.39, 0.29) is 11.3 Å². The summed E-state index contributed by atoms with van der Waals surface area (Å²) < 4.78 is 40.5. The van der Waals surface area contributed by atoms with E-state index in [4.69, 9.17) is 0 Å². The molecule has 1 aromatic heterocycles. The molecule has 2 aromatic rings. The van der Waals surface area contributed by atoms with Crippen molar-refractivity contribution in [3.63, 3.8) is 0 Å². The molecule has 0 aliphatic heterocycles. The molecular weight excluding hydrogens is 295 g/mol. The van der Waals surface area contributed by atoms with Crippen molar-refractivity contribution in [2.75, 3.05) is 5.32 Å². The molecule has 1 heterocycles. The third-order valence-electron chi connectivity index (χ3n) is 3.76. The molecule has 1 aromatic carbocycles. The van der Waals surface area contributed by atoms with Crippen molar-refractivity contribution in [1.82, 2.24) is 9.97 Å². The van der Waals surface area contributed by atoms with Crippen LogP contribution in [0.5, 0.6) is 5.75 Å². The van der Waals surface area contributed by atoms with Gasteiger partial charge in [0.2, 0.25) is 5.95 Å². The van der Waals surface area contributed by atoms with Crippen LogP contribution in [0.2, 0.25) is 0 Å². The number of anilines is 1. The van der Waals surface area contributed by atoms with Crippen LogP contribution in [0.1, 0.15) is 24.8 Å². The summed E-state index contributed by atoms with van der Waals surface area (Å²) in [6, 6.07) is 7.68. The Morgan fingerprint density at radius 1 is 1.05 bits per heavy atom. The van der Waals surface area contributed by atoms with Crippen molar-refractivity contribution in [3.05, 3.63) is 48.3 Å². The molecule has 4 nitrogen and oxygen atoms in total. The van der Waals surface area contributed by atoms with Gasteiger partial charge >= 0.3 is 6.36 Å². The molecule has 0 atom stereocenters. The monoisotopic (exact) mass is 309 g/mol. The second kappa shape index (κ2) is 5.47. The summed E-state index contributed by atoms with van der Waals surface area (Å²) in [7, 11) is 0. The van der Waals surface area contributed by atoms with Gasteiger partial charge in [0.25, 0.3) is 0 Å². The molecule has 1 fully saturated rings. The quantitative estimate of drug-likeness (QED) is 0.931. The van der Waals surface area contributed by atoms with Crippen molar-refractivity contribution in [3.8, 4) is 5.75 Å². The van der Waals surface area contributed by atoms with Crippen LogP contribution >= 0.6 is 0 Å². The van der Waals surface area contributed by atoms with Crippen molar-refractivity contribution in [2.24, 2.45) is 0 Å². The van der Waals surface area contributed by atoms with E-state index in [1.807, 2.05) is 0 Å². The number of rotatable bonds is 4. The topological polar surface area (TPSA) is 47.0 Å². The first-order valence-electron chi connectivity index (χ1n) is 6.88. The van der Waals surface area contributed by atoms with E-state index in [2.05, 4.69) is 20.0 Å². The molecular formula is C15H14F3N3O. The highest BCUT2D eigenvalue weighted by atomic mass is 19.4. The average molecular weight is 309 g/mol. The largest absolute Gasteiger partial charge is 0.573 e. The van der Waals surface area contributed by atoms with Crippen LogP contribution in [0.15, 0.2) is 42.7 Å². The summed E-state index contributed by atoms with van der Waals surface area (Å²) in [5.41, 5.74) is 0.582. The number of benzene rings is 1. The molecule has 3 rings (SSSR count). The molecule has 116 valence electrons. The van der Waals surface area contributed by atoms with Gasteiger partial charge in [-0.2, -0.15) is 0 Å². The zero-order chi connectivity index (χ0) is 15.6. The molecule has 1 aliphatic rings. The lowest BCUT2D eigenvalue weighted by Gasteiger charge is -2.43. The van der Waals surface area contributed by atoms with Crippen LogP contribution in [0.25, 0.3) is 0 Å². The number of ether oxygens (including phenoxy) is 1. The van der Waals surface area contributed by atoms with E-state index >= 15 is 0 Å². The molecule has 0 saturated heterocycles. The van der Waals surface area contributed by atoms with Crippen molar-refractivity contribution >= 4 is 5.95 Å². The molecule has 0 unspecified atom stereocenters. The van der Waals surface area contributed by atoms with Gasteiger partial charge in [-0.3, -0.25) is 0 Å². The highest BCUT2D eigenvalue weighted by molar-refractivity contribution is 5.41. The number of hydrogen-bond donors (Lipinski definition) is 1. The fraction of sp³-hybridized carbons (Fsp3) is 0.333. The number of nitrogens with zero attached hydrogens (tertiary/aromatic N) is 2. The van der Waals surface area contributed by atoms with Gasteiger partial charge in [-0.15, -0.1) is 13.2 Å². The maximum Gasteiger partial charge on any atom is 0.573 e. The first-order valence-corrected chi connectivity index (χ1v) is 6.88. The van der Waals surface area contributed by atoms with E-state index < -0.39 is 6.36 Å². The predicted octanol–water partition coefficient (Wildman–Crippen LogP) is 3.87. The van der Waals surface area contributed by atoms with Gasteiger partial charge in [-0.1, -0.05) is 12.1 Å². The lowest BCUT2D eigenvalue weighted by Crippen LogP contribution is -2.42.